The van der Waals surface area contributed by atoms with Crippen molar-refractivity contribution in [1.29, 1.82) is 0 Å². The highest BCUT2D eigenvalue weighted by atomic mass is 32.1. The molecule has 1 N–H and O–H groups in total. The summed E-state index contributed by atoms with van der Waals surface area (Å²) in [4.78, 5) is 45.2. The van der Waals surface area contributed by atoms with Gasteiger partial charge in [-0.25, -0.2) is 0 Å². The van der Waals surface area contributed by atoms with Crippen LogP contribution in [0.5, 0.6) is 0 Å². The third-order valence-corrected chi connectivity index (χ3v) is 7.24. The molecule has 170 valence electrons. The molecule has 7 nitrogen and oxygen atoms in total. The highest BCUT2D eigenvalue weighted by Gasteiger charge is 2.54. The van der Waals surface area contributed by atoms with E-state index in [1.54, 1.807) is 4.90 Å². The van der Waals surface area contributed by atoms with Crippen LogP contribution < -0.4 is 10.2 Å². The number of hydrogen-bond donors (Lipinski definition) is 1. The highest BCUT2D eigenvalue weighted by molar-refractivity contribution is 7.12. The summed E-state index contributed by atoms with van der Waals surface area (Å²) in [6, 6.07) is 13.6. The predicted octanol–water partition coefficient (Wildman–Crippen LogP) is 2.95. The zero-order valence-corrected chi connectivity index (χ0v) is 19.3. The third-order valence-electron chi connectivity index (χ3n) is 6.38. The summed E-state index contributed by atoms with van der Waals surface area (Å²) in [5.74, 6) is -0.115. The monoisotopic (exact) mass is 454 g/mol. The van der Waals surface area contributed by atoms with E-state index >= 15 is 0 Å². The van der Waals surface area contributed by atoms with Gasteiger partial charge in [0.05, 0.1) is 11.5 Å². The molecule has 4 rings (SSSR count). The fourth-order valence-corrected chi connectivity index (χ4v) is 5.28. The minimum Gasteiger partial charge on any atom is -0.355 e. The molecule has 2 aliphatic heterocycles. The standard InChI is InChI=1S/C24H30N4O3S/c1-2-3-13-25-21(29)17-27-18-28(19-8-5-4-6-9-19)24(23(27)31)11-14-26(15-12-24)22(30)20-10-7-16-32-20/h4-10,16H,2-3,11-15,17-18H2,1H3,(H,25,29). The van der Waals surface area contributed by atoms with Crippen molar-refractivity contribution in [3.05, 3.63) is 52.7 Å². The average molecular weight is 455 g/mol. The molecule has 3 heterocycles. The van der Waals surface area contributed by atoms with E-state index in [0.717, 1.165) is 23.4 Å². The number of benzene rings is 1. The quantitative estimate of drug-likeness (QED) is 0.653. The molecule has 1 aromatic carbocycles. The smallest absolute Gasteiger partial charge is 0.263 e. The van der Waals surface area contributed by atoms with E-state index in [2.05, 4.69) is 17.1 Å². The lowest BCUT2D eigenvalue weighted by molar-refractivity contribution is -0.137. The number of carbonyl (C=O) groups is 3. The van der Waals surface area contributed by atoms with Gasteiger partial charge in [0.1, 0.15) is 12.1 Å². The fourth-order valence-electron chi connectivity index (χ4n) is 4.59. The Labute approximate surface area is 193 Å². The van der Waals surface area contributed by atoms with Gasteiger partial charge in [-0.1, -0.05) is 37.6 Å². The van der Waals surface area contributed by atoms with Gasteiger partial charge in [0, 0.05) is 25.3 Å². The molecule has 0 aliphatic carbocycles. The molecule has 0 atom stereocenters. The van der Waals surface area contributed by atoms with Gasteiger partial charge >= 0.3 is 0 Å². The molecule has 1 spiro atoms. The second kappa shape index (κ2) is 9.73. The second-order valence-corrected chi connectivity index (χ2v) is 9.36. The van der Waals surface area contributed by atoms with Crippen molar-refractivity contribution in [1.82, 2.24) is 15.1 Å². The Morgan fingerprint density at radius 3 is 2.50 bits per heavy atom. The van der Waals surface area contributed by atoms with Crippen molar-refractivity contribution in [2.45, 2.75) is 38.1 Å². The van der Waals surface area contributed by atoms with Gasteiger partial charge in [0.2, 0.25) is 5.91 Å². The van der Waals surface area contributed by atoms with Gasteiger partial charge in [0.25, 0.3) is 11.8 Å². The molecule has 0 saturated carbocycles. The number of nitrogens with zero attached hydrogens (tertiary/aromatic N) is 3. The molecule has 1 aromatic heterocycles. The van der Waals surface area contributed by atoms with Crippen LogP contribution in [0.3, 0.4) is 0 Å². The molecule has 0 unspecified atom stereocenters. The number of unbranched alkanes of at least 4 members (excludes halogenated alkanes) is 1. The topological polar surface area (TPSA) is 73.0 Å². The Balaban J connectivity index is 1.51. The lowest BCUT2D eigenvalue weighted by Gasteiger charge is -2.43. The molecule has 0 bridgehead atoms. The number of likely N-dealkylation sites (tertiary alicyclic amines) is 1. The summed E-state index contributed by atoms with van der Waals surface area (Å²) in [6.07, 6.45) is 3.03. The van der Waals surface area contributed by atoms with Crippen LogP contribution in [0, 0.1) is 0 Å². The molecule has 3 amide bonds. The first-order valence-electron chi connectivity index (χ1n) is 11.3. The number of carbonyl (C=O) groups excluding carboxylic acids is 3. The Morgan fingerprint density at radius 1 is 1.09 bits per heavy atom. The van der Waals surface area contributed by atoms with Crippen LogP contribution >= 0.6 is 11.3 Å². The van der Waals surface area contributed by atoms with E-state index in [0.29, 0.717) is 39.1 Å². The molecule has 0 radical (unpaired) electrons. The van der Waals surface area contributed by atoms with E-state index in [-0.39, 0.29) is 24.3 Å². The summed E-state index contributed by atoms with van der Waals surface area (Å²) in [7, 11) is 0. The zero-order chi connectivity index (χ0) is 22.6. The second-order valence-electron chi connectivity index (χ2n) is 8.41. The number of amides is 3. The summed E-state index contributed by atoms with van der Waals surface area (Å²) in [6.45, 7) is 4.18. The number of anilines is 1. The Kier molecular flexibility index (Phi) is 6.79. The van der Waals surface area contributed by atoms with E-state index in [9.17, 15) is 14.4 Å². The molecule has 2 saturated heterocycles. The van der Waals surface area contributed by atoms with Crippen molar-refractivity contribution in [2.75, 3.05) is 37.7 Å². The maximum Gasteiger partial charge on any atom is 0.263 e. The number of para-hydroxylation sites is 1. The number of hydrogen-bond acceptors (Lipinski definition) is 5. The Hall–Kier alpha value is -2.87. The predicted molar refractivity (Wildman–Crippen MR) is 126 cm³/mol. The van der Waals surface area contributed by atoms with E-state index in [1.807, 2.05) is 52.7 Å². The lowest BCUT2D eigenvalue weighted by Crippen LogP contribution is -2.57. The summed E-state index contributed by atoms with van der Waals surface area (Å²) in [5, 5.41) is 4.81. The van der Waals surface area contributed by atoms with Crippen LogP contribution in [0.4, 0.5) is 5.69 Å². The molecule has 2 aromatic rings. The van der Waals surface area contributed by atoms with Gasteiger partial charge in [-0.05, 0) is 42.8 Å². The van der Waals surface area contributed by atoms with Crippen molar-refractivity contribution < 1.29 is 14.4 Å². The zero-order valence-electron chi connectivity index (χ0n) is 18.5. The maximum atomic E-state index is 13.6. The van der Waals surface area contributed by atoms with Gasteiger partial charge in [-0.15, -0.1) is 11.3 Å². The van der Waals surface area contributed by atoms with Crippen LogP contribution in [0.1, 0.15) is 42.3 Å². The number of rotatable bonds is 7. The van der Waals surface area contributed by atoms with E-state index in [1.165, 1.54) is 11.3 Å². The third kappa shape index (κ3) is 4.37. The molecular weight excluding hydrogens is 424 g/mol. The maximum absolute atomic E-state index is 13.6. The van der Waals surface area contributed by atoms with Gasteiger partial charge in [0.15, 0.2) is 0 Å². The van der Waals surface area contributed by atoms with Crippen molar-refractivity contribution >= 4 is 34.7 Å². The Bertz CT molecular complexity index is 939. The van der Waals surface area contributed by atoms with Crippen molar-refractivity contribution in [3.63, 3.8) is 0 Å². The SMILES string of the molecule is CCCCNC(=O)CN1CN(c2ccccc2)C2(CCN(C(=O)c3cccs3)CC2)C1=O. The molecule has 2 fully saturated rings. The highest BCUT2D eigenvalue weighted by Crippen LogP contribution is 2.39. The van der Waals surface area contributed by atoms with Crippen LogP contribution in [0.25, 0.3) is 0 Å². The van der Waals surface area contributed by atoms with Crippen LogP contribution in [-0.4, -0.2) is 65.9 Å². The van der Waals surface area contributed by atoms with E-state index < -0.39 is 5.54 Å². The first-order valence-corrected chi connectivity index (χ1v) is 12.1. The van der Waals surface area contributed by atoms with Crippen molar-refractivity contribution in [2.24, 2.45) is 0 Å². The van der Waals surface area contributed by atoms with E-state index in [4.69, 9.17) is 0 Å². The number of piperidine rings is 1. The van der Waals surface area contributed by atoms with Gasteiger partial charge < -0.3 is 20.0 Å². The minimum absolute atomic E-state index is 0.0183. The summed E-state index contributed by atoms with van der Waals surface area (Å²) < 4.78 is 0. The van der Waals surface area contributed by atoms with Crippen LogP contribution in [0.15, 0.2) is 47.8 Å². The Morgan fingerprint density at radius 2 is 1.84 bits per heavy atom. The molecule has 32 heavy (non-hydrogen) atoms. The summed E-state index contributed by atoms with van der Waals surface area (Å²) >= 11 is 1.44. The molecule has 2 aliphatic rings. The molecule has 8 heteroatoms. The van der Waals surface area contributed by atoms with Gasteiger partial charge in [-0.3, -0.25) is 14.4 Å². The minimum atomic E-state index is -0.725. The number of thiophene rings is 1. The van der Waals surface area contributed by atoms with Gasteiger partial charge in [-0.2, -0.15) is 0 Å². The first-order chi connectivity index (χ1) is 15.5. The molecular formula is C24H30N4O3S. The van der Waals surface area contributed by atoms with Crippen molar-refractivity contribution in [3.8, 4) is 0 Å². The fraction of sp³-hybridized carbons (Fsp3) is 0.458. The lowest BCUT2D eigenvalue weighted by atomic mass is 9.85. The number of nitrogens with one attached hydrogen (secondary N) is 1. The summed E-state index contributed by atoms with van der Waals surface area (Å²) in [5.41, 5.74) is 0.241. The average Bonchev–Trinajstić information content (AvgIpc) is 3.44. The largest absolute Gasteiger partial charge is 0.355 e. The first kappa shape index (κ1) is 22.3. The normalized spacial score (nSPS) is 17.8. The van der Waals surface area contributed by atoms with Crippen LogP contribution in [-0.2, 0) is 9.59 Å². The van der Waals surface area contributed by atoms with Crippen LogP contribution in [0.2, 0.25) is 0 Å².